The number of aryl methyl sites for hydroxylation is 1. The largest absolute Gasteiger partial charge is 0.486 e. The molecule has 0 spiro atoms. The van der Waals surface area contributed by atoms with Gasteiger partial charge in [-0.15, -0.1) is 11.3 Å². The molecule has 1 aliphatic rings. The van der Waals surface area contributed by atoms with Gasteiger partial charge in [0.1, 0.15) is 28.1 Å². The van der Waals surface area contributed by atoms with Gasteiger partial charge in [0.25, 0.3) is 5.91 Å². The summed E-state index contributed by atoms with van der Waals surface area (Å²) < 4.78 is 29.1. The monoisotopic (exact) mass is 400 g/mol. The van der Waals surface area contributed by atoms with Crippen LogP contribution in [0.5, 0.6) is 17.2 Å². The van der Waals surface area contributed by atoms with Gasteiger partial charge < -0.3 is 19.5 Å². The standard InChI is InChI=1S/C20H17FN2O4S/c1-12-19(28-18(23-12)10-25-15-5-3-14(21)4-6-15)20(24)22-9-13-2-7-16-17(8-13)27-11-26-16/h2-8H,9-11H2,1H3,(H,22,24). The molecule has 28 heavy (non-hydrogen) atoms. The van der Waals surface area contributed by atoms with Crippen molar-refractivity contribution in [3.8, 4) is 17.2 Å². The number of halogens is 1. The second-order valence-electron chi connectivity index (χ2n) is 6.14. The Hall–Kier alpha value is -3.13. The highest BCUT2D eigenvalue weighted by Crippen LogP contribution is 2.32. The Bertz CT molecular complexity index is 1000. The molecule has 0 unspecified atom stereocenters. The Balaban J connectivity index is 1.36. The van der Waals surface area contributed by atoms with E-state index < -0.39 is 0 Å². The normalized spacial score (nSPS) is 12.1. The van der Waals surface area contributed by atoms with Crippen LogP contribution in [0.3, 0.4) is 0 Å². The lowest BCUT2D eigenvalue weighted by Gasteiger charge is -2.05. The Morgan fingerprint density at radius 2 is 2.00 bits per heavy atom. The van der Waals surface area contributed by atoms with Crippen LogP contribution in [0.15, 0.2) is 42.5 Å². The third-order valence-corrected chi connectivity index (χ3v) is 5.24. The van der Waals surface area contributed by atoms with Crippen LogP contribution in [0.25, 0.3) is 0 Å². The molecule has 0 radical (unpaired) electrons. The van der Waals surface area contributed by atoms with Crippen LogP contribution in [0.4, 0.5) is 4.39 Å². The summed E-state index contributed by atoms with van der Waals surface area (Å²) >= 11 is 1.28. The summed E-state index contributed by atoms with van der Waals surface area (Å²) in [5, 5.41) is 3.57. The lowest BCUT2D eigenvalue weighted by molar-refractivity contribution is 0.0954. The number of nitrogens with zero attached hydrogens (tertiary/aromatic N) is 1. The fraction of sp³-hybridized carbons (Fsp3) is 0.200. The van der Waals surface area contributed by atoms with E-state index in [1.807, 2.05) is 18.2 Å². The summed E-state index contributed by atoms with van der Waals surface area (Å²) in [6.07, 6.45) is 0. The third-order valence-electron chi connectivity index (χ3n) is 4.11. The van der Waals surface area contributed by atoms with Crippen LogP contribution in [-0.4, -0.2) is 17.7 Å². The molecule has 1 aromatic heterocycles. The van der Waals surface area contributed by atoms with E-state index in [-0.39, 0.29) is 25.1 Å². The minimum Gasteiger partial charge on any atom is -0.486 e. The number of thiazole rings is 1. The Labute approximate surface area is 164 Å². The smallest absolute Gasteiger partial charge is 0.263 e. The third kappa shape index (κ3) is 4.07. The Morgan fingerprint density at radius 3 is 2.82 bits per heavy atom. The van der Waals surface area contributed by atoms with E-state index in [4.69, 9.17) is 14.2 Å². The highest BCUT2D eigenvalue weighted by Gasteiger charge is 2.17. The summed E-state index contributed by atoms with van der Waals surface area (Å²) in [6, 6.07) is 11.3. The van der Waals surface area contributed by atoms with Crippen LogP contribution in [0, 0.1) is 12.7 Å². The van der Waals surface area contributed by atoms with Gasteiger partial charge in [0, 0.05) is 6.54 Å². The highest BCUT2D eigenvalue weighted by atomic mass is 32.1. The summed E-state index contributed by atoms with van der Waals surface area (Å²) in [5.41, 5.74) is 1.56. The second-order valence-corrected chi connectivity index (χ2v) is 7.22. The maximum Gasteiger partial charge on any atom is 0.263 e. The first-order chi connectivity index (χ1) is 13.6. The van der Waals surface area contributed by atoms with E-state index in [0.717, 1.165) is 5.56 Å². The van der Waals surface area contributed by atoms with Gasteiger partial charge in [0.2, 0.25) is 6.79 Å². The van der Waals surface area contributed by atoms with Crippen molar-refractivity contribution in [3.63, 3.8) is 0 Å². The molecule has 8 heteroatoms. The van der Waals surface area contributed by atoms with Crippen molar-refractivity contribution in [1.29, 1.82) is 0 Å². The summed E-state index contributed by atoms with van der Waals surface area (Å²) in [6.45, 7) is 2.59. The molecule has 0 fully saturated rings. The quantitative estimate of drug-likeness (QED) is 0.681. The van der Waals surface area contributed by atoms with Crippen molar-refractivity contribution in [2.45, 2.75) is 20.1 Å². The first-order valence-electron chi connectivity index (χ1n) is 8.60. The number of benzene rings is 2. The van der Waals surface area contributed by atoms with E-state index in [1.165, 1.54) is 23.5 Å². The van der Waals surface area contributed by atoms with Gasteiger partial charge in [-0.2, -0.15) is 0 Å². The lowest BCUT2D eigenvalue weighted by Crippen LogP contribution is -2.22. The maximum absolute atomic E-state index is 12.9. The molecule has 2 aromatic carbocycles. The van der Waals surface area contributed by atoms with E-state index in [2.05, 4.69) is 10.3 Å². The zero-order valence-corrected chi connectivity index (χ0v) is 15.8. The number of rotatable bonds is 6. The molecule has 3 aromatic rings. The van der Waals surface area contributed by atoms with Crippen molar-refractivity contribution in [3.05, 3.63) is 69.4 Å². The lowest BCUT2D eigenvalue weighted by atomic mass is 10.2. The van der Waals surface area contributed by atoms with E-state index in [1.54, 1.807) is 19.1 Å². The predicted octanol–water partition coefficient (Wildman–Crippen LogP) is 3.83. The first kappa shape index (κ1) is 18.2. The zero-order chi connectivity index (χ0) is 19.5. The molecule has 0 aliphatic carbocycles. The van der Waals surface area contributed by atoms with E-state index >= 15 is 0 Å². The molecule has 1 aliphatic heterocycles. The second kappa shape index (κ2) is 7.85. The first-order valence-corrected chi connectivity index (χ1v) is 9.41. The average molecular weight is 400 g/mol. The summed E-state index contributed by atoms with van der Waals surface area (Å²) in [4.78, 5) is 17.4. The number of amides is 1. The molecule has 2 heterocycles. The number of ether oxygens (including phenoxy) is 3. The minimum absolute atomic E-state index is 0.194. The van der Waals surface area contributed by atoms with Gasteiger partial charge in [-0.05, 0) is 48.9 Å². The van der Waals surface area contributed by atoms with Gasteiger partial charge >= 0.3 is 0 Å². The molecule has 0 saturated heterocycles. The molecule has 4 rings (SSSR count). The number of carbonyl (C=O) groups is 1. The SMILES string of the molecule is Cc1nc(COc2ccc(F)cc2)sc1C(=O)NCc1ccc2c(c1)OCO2. The Morgan fingerprint density at radius 1 is 1.21 bits per heavy atom. The number of hydrogen-bond donors (Lipinski definition) is 1. The van der Waals surface area contributed by atoms with Crippen LogP contribution in [0.2, 0.25) is 0 Å². The van der Waals surface area contributed by atoms with Crippen molar-refractivity contribution in [1.82, 2.24) is 10.3 Å². The van der Waals surface area contributed by atoms with Gasteiger partial charge in [-0.3, -0.25) is 4.79 Å². The van der Waals surface area contributed by atoms with Gasteiger partial charge in [-0.25, -0.2) is 9.37 Å². The van der Waals surface area contributed by atoms with Gasteiger partial charge in [-0.1, -0.05) is 6.07 Å². The van der Waals surface area contributed by atoms with Crippen LogP contribution in [-0.2, 0) is 13.2 Å². The van der Waals surface area contributed by atoms with Crippen LogP contribution in [0.1, 0.15) is 25.9 Å². The van der Waals surface area contributed by atoms with E-state index in [9.17, 15) is 9.18 Å². The summed E-state index contributed by atoms with van der Waals surface area (Å²) in [7, 11) is 0. The summed E-state index contributed by atoms with van der Waals surface area (Å²) in [5.74, 6) is 1.42. The van der Waals surface area contributed by atoms with Crippen molar-refractivity contribution in [2.75, 3.05) is 6.79 Å². The molecule has 144 valence electrons. The molecule has 6 nitrogen and oxygen atoms in total. The highest BCUT2D eigenvalue weighted by molar-refractivity contribution is 7.13. The number of carbonyl (C=O) groups excluding carboxylic acids is 1. The molecular formula is C20H17FN2O4S. The van der Waals surface area contributed by atoms with Gasteiger partial charge in [0.05, 0.1) is 5.69 Å². The van der Waals surface area contributed by atoms with Crippen molar-refractivity contribution < 1.29 is 23.4 Å². The number of hydrogen-bond acceptors (Lipinski definition) is 6. The number of nitrogens with one attached hydrogen (secondary N) is 1. The zero-order valence-electron chi connectivity index (χ0n) is 15.0. The topological polar surface area (TPSA) is 69.7 Å². The molecule has 1 N–H and O–H groups in total. The maximum atomic E-state index is 12.9. The van der Waals surface area contributed by atoms with Crippen LogP contribution < -0.4 is 19.5 Å². The molecule has 1 amide bonds. The number of aromatic nitrogens is 1. The fourth-order valence-electron chi connectivity index (χ4n) is 2.71. The minimum atomic E-state index is -0.321. The van der Waals surface area contributed by atoms with Crippen molar-refractivity contribution in [2.24, 2.45) is 0 Å². The molecular weight excluding hydrogens is 383 g/mol. The predicted molar refractivity (Wildman–Crippen MR) is 101 cm³/mol. The fourth-order valence-corrected chi connectivity index (χ4v) is 3.61. The molecule has 0 atom stereocenters. The average Bonchev–Trinajstić information content (AvgIpc) is 3.31. The van der Waals surface area contributed by atoms with Gasteiger partial charge in [0.15, 0.2) is 11.5 Å². The Kier molecular flexibility index (Phi) is 5.12. The van der Waals surface area contributed by atoms with Crippen molar-refractivity contribution >= 4 is 17.2 Å². The molecule has 0 saturated carbocycles. The molecule has 0 bridgehead atoms. The number of fused-ring (bicyclic) bond motifs is 1. The van der Waals surface area contributed by atoms with E-state index in [0.29, 0.717) is 39.4 Å². The van der Waals surface area contributed by atoms with Crippen LogP contribution >= 0.6 is 11.3 Å².